The van der Waals surface area contributed by atoms with Gasteiger partial charge in [-0.05, 0) is 40.7 Å². The summed E-state index contributed by atoms with van der Waals surface area (Å²) in [6.45, 7) is 3.04. The van der Waals surface area contributed by atoms with Crippen LogP contribution in [0.3, 0.4) is 0 Å². The van der Waals surface area contributed by atoms with Gasteiger partial charge in [-0.1, -0.05) is 6.92 Å². The molecule has 2 heterocycles. The van der Waals surface area contributed by atoms with Gasteiger partial charge in [-0.2, -0.15) is 0 Å². The maximum atomic E-state index is 11.9. The van der Waals surface area contributed by atoms with Gasteiger partial charge in [0.1, 0.15) is 24.2 Å². The summed E-state index contributed by atoms with van der Waals surface area (Å²) in [7, 11) is 0. The highest BCUT2D eigenvalue weighted by molar-refractivity contribution is 9.10. The highest BCUT2D eigenvalue weighted by atomic mass is 79.9. The summed E-state index contributed by atoms with van der Waals surface area (Å²) in [4.78, 5) is 11.9. The Bertz CT molecular complexity index is 655. The van der Waals surface area contributed by atoms with Crippen molar-refractivity contribution in [2.75, 3.05) is 11.9 Å². The maximum absolute atomic E-state index is 11.9. The standard InChI is InChI=1S/C15H15BrN2O3/c1-2-17-14-10-6-11(16)13(7-12(10)18-15(14)19)21-8-9-4-3-5-20-9/h3-7,14,17H,2,8H2,1H3,(H,18,19). The minimum Gasteiger partial charge on any atom is -0.484 e. The van der Waals surface area contributed by atoms with Gasteiger partial charge in [0.2, 0.25) is 5.91 Å². The fourth-order valence-corrected chi connectivity index (χ4v) is 2.80. The van der Waals surface area contributed by atoms with E-state index in [1.165, 1.54) is 0 Å². The molecule has 0 aliphatic carbocycles. The van der Waals surface area contributed by atoms with Crippen LogP contribution in [0.5, 0.6) is 5.75 Å². The molecule has 1 unspecified atom stereocenters. The summed E-state index contributed by atoms with van der Waals surface area (Å²) in [6.07, 6.45) is 1.61. The number of rotatable bonds is 5. The molecule has 1 aromatic carbocycles. The first-order chi connectivity index (χ1) is 10.2. The second-order valence-electron chi connectivity index (χ2n) is 4.72. The lowest BCUT2D eigenvalue weighted by atomic mass is 10.1. The molecule has 110 valence electrons. The van der Waals surface area contributed by atoms with Gasteiger partial charge in [-0.25, -0.2) is 0 Å². The molecule has 1 aliphatic rings. The van der Waals surface area contributed by atoms with Crippen LogP contribution in [0.2, 0.25) is 0 Å². The highest BCUT2D eigenvalue weighted by Gasteiger charge is 2.30. The van der Waals surface area contributed by atoms with Crippen molar-refractivity contribution in [1.29, 1.82) is 0 Å². The molecule has 1 amide bonds. The normalized spacial score (nSPS) is 16.7. The number of benzene rings is 1. The number of hydrogen-bond acceptors (Lipinski definition) is 4. The zero-order valence-electron chi connectivity index (χ0n) is 11.5. The van der Waals surface area contributed by atoms with Crippen LogP contribution in [-0.2, 0) is 11.4 Å². The lowest BCUT2D eigenvalue weighted by molar-refractivity contribution is -0.117. The molecule has 2 N–H and O–H groups in total. The third-order valence-corrected chi connectivity index (χ3v) is 3.91. The van der Waals surface area contributed by atoms with E-state index < -0.39 is 0 Å². The van der Waals surface area contributed by atoms with Gasteiger partial charge in [0.05, 0.1) is 10.7 Å². The van der Waals surface area contributed by atoms with Gasteiger partial charge in [0.25, 0.3) is 0 Å². The van der Waals surface area contributed by atoms with E-state index in [0.29, 0.717) is 12.4 Å². The maximum Gasteiger partial charge on any atom is 0.246 e. The van der Waals surface area contributed by atoms with Crippen molar-refractivity contribution in [3.05, 3.63) is 46.3 Å². The average molecular weight is 351 g/mol. The van der Waals surface area contributed by atoms with Crippen LogP contribution in [0.15, 0.2) is 39.4 Å². The monoisotopic (exact) mass is 350 g/mol. The zero-order valence-corrected chi connectivity index (χ0v) is 13.1. The van der Waals surface area contributed by atoms with Crippen LogP contribution < -0.4 is 15.4 Å². The summed E-state index contributed by atoms with van der Waals surface area (Å²) in [5, 5.41) is 6.03. The quantitative estimate of drug-likeness (QED) is 0.868. The highest BCUT2D eigenvalue weighted by Crippen LogP contribution is 2.38. The molecule has 0 spiro atoms. The number of carbonyl (C=O) groups excluding carboxylic acids is 1. The van der Waals surface area contributed by atoms with E-state index in [0.717, 1.165) is 28.0 Å². The smallest absolute Gasteiger partial charge is 0.246 e. The Morgan fingerprint density at radius 1 is 1.48 bits per heavy atom. The molecule has 1 atom stereocenters. The lowest BCUT2D eigenvalue weighted by Gasteiger charge is -2.12. The summed E-state index contributed by atoms with van der Waals surface area (Å²) < 4.78 is 11.8. The van der Waals surface area contributed by atoms with Gasteiger partial charge in [0.15, 0.2) is 0 Å². The molecule has 21 heavy (non-hydrogen) atoms. The molecule has 0 saturated carbocycles. The second-order valence-corrected chi connectivity index (χ2v) is 5.57. The number of fused-ring (bicyclic) bond motifs is 1. The van der Waals surface area contributed by atoms with Crippen molar-refractivity contribution in [3.63, 3.8) is 0 Å². The van der Waals surface area contributed by atoms with E-state index in [1.54, 1.807) is 6.26 Å². The van der Waals surface area contributed by atoms with E-state index in [4.69, 9.17) is 9.15 Å². The molecule has 0 fully saturated rings. The van der Waals surface area contributed by atoms with Gasteiger partial charge >= 0.3 is 0 Å². The molecule has 6 heteroatoms. The predicted octanol–water partition coefficient (Wildman–Crippen LogP) is 3.22. The zero-order chi connectivity index (χ0) is 14.8. The SMILES string of the molecule is CCNC1C(=O)Nc2cc(OCc3ccco3)c(Br)cc21. The van der Waals surface area contributed by atoms with E-state index in [9.17, 15) is 4.79 Å². The van der Waals surface area contributed by atoms with Crippen molar-refractivity contribution < 1.29 is 13.9 Å². The molecule has 5 nitrogen and oxygen atoms in total. The number of halogens is 1. The molecule has 0 bridgehead atoms. The number of carbonyl (C=O) groups is 1. The van der Waals surface area contributed by atoms with Crippen molar-refractivity contribution in [1.82, 2.24) is 5.32 Å². The first-order valence-corrected chi connectivity index (χ1v) is 7.51. The third-order valence-electron chi connectivity index (χ3n) is 3.29. The van der Waals surface area contributed by atoms with E-state index in [1.807, 2.05) is 31.2 Å². The van der Waals surface area contributed by atoms with Crippen molar-refractivity contribution in [2.24, 2.45) is 0 Å². The van der Waals surface area contributed by atoms with Gasteiger partial charge in [-0.15, -0.1) is 0 Å². The fraction of sp³-hybridized carbons (Fsp3) is 0.267. The summed E-state index contributed by atoms with van der Waals surface area (Å²) in [5.41, 5.74) is 1.71. The van der Waals surface area contributed by atoms with Crippen LogP contribution in [0.1, 0.15) is 24.3 Å². The Morgan fingerprint density at radius 2 is 2.33 bits per heavy atom. The predicted molar refractivity (Wildman–Crippen MR) is 82.2 cm³/mol. The topological polar surface area (TPSA) is 63.5 Å². The lowest BCUT2D eigenvalue weighted by Crippen LogP contribution is -2.27. The van der Waals surface area contributed by atoms with Gasteiger partial charge in [-0.3, -0.25) is 4.79 Å². The molecule has 2 aromatic rings. The van der Waals surface area contributed by atoms with Gasteiger partial charge in [0, 0.05) is 17.3 Å². The average Bonchev–Trinajstić information content (AvgIpc) is 3.07. The number of likely N-dealkylation sites (N-methyl/N-ethyl adjacent to an activating group) is 1. The van der Waals surface area contributed by atoms with Crippen LogP contribution in [0.4, 0.5) is 5.69 Å². The molecule has 0 saturated heterocycles. The van der Waals surface area contributed by atoms with Crippen molar-refractivity contribution in [3.8, 4) is 5.75 Å². The molecule has 1 aromatic heterocycles. The molecule has 1 aliphatic heterocycles. The number of hydrogen-bond donors (Lipinski definition) is 2. The van der Waals surface area contributed by atoms with Crippen LogP contribution >= 0.6 is 15.9 Å². The number of furan rings is 1. The Labute approximate surface area is 130 Å². The molecule has 0 radical (unpaired) electrons. The summed E-state index contributed by atoms with van der Waals surface area (Å²) in [5.74, 6) is 1.38. The molecule has 3 rings (SSSR count). The van der Waals surface area contributed by atoms with Gasteiger partial charge < -0.3 is 19.8 Å². The number of nitrogens with one attached hydrogen (secondary N) is 2. The number of ether oxygens (including phenoxy) is 1. The number of amides is 1. The minimum atomic E-state index is -0.305. The second kappa shape index (κ2) is 5.91. The first-order valence-electron chi connectivity index (χ1n) is 6.72. The Balaban J connectivity index is 1.82. The van der Waals surface area contributed by atoms with Crippen molar-refractivity contribution in [2.45, 2.75) is 19.6 Å². The van der Waals surface area contributed by atoms with E-state index in [-0.39, 0.29) is 11.9 Å². The summed E-state index contributed by atoms with van der Waals surface area (Å²) >= 11 is 3.49. The van der Waals surface area contributed by atoms with Crippen LogP contribution in [0.25, 0.3) is 0 Å². The molecular weight excluding hydrogens is 336 g/mol. The fourth-order valence-electron chi connectivity index (χ4n) is 2.32. The number of anilines is 1. The summed E-state index contributed by atoms with van der Waals surface area (Å²) in [6, 6.07) is 7.11. The first kappa shape index (κ1) is 14.2. The van der Waals surface area contributed by atoms with Crippen LogP contribution in [-0.4, -0.2) is 12.5 Å². The Kier molecular flexibility index (Phi) is 3.98. The third kappa shape index (κ3) is 2.82. The Hall–Kier alpha value is -1.79. The minimum absolute atomic E-state index is 0.0399. The Morgan fingerprint density at radius 3 is 3.05 bits per heavy atom. The van der Waals surface area contributed by atoms with E-state index >= 15 is 0 Å². The van der Waals surface area contributed by atoms with E-state index in [2.05, 4.69) is 26.6 Å². The largest absolute Gasteiger partial charge is 0.484 e. The molecular formula is C15H15BrN2O3. The van der Waals surface area contributed by atoms with Crippen LogP contribution in [0, 0.1) is 0 Å². The van der Waals surface area contributed by atoms with Crippen molar-refractivity contribution >= 4 is 27.5 Å².